The Morgan fingerprint density at radius 3 is 2.70 bits per heavy atom. The molecule has 30 heavy (non-hydrogen) atoms. The molecule has 0 aliphatic heterocycles. The summed E-state index contributed by atoms with van der Waals surface area (Å²) in [6, 6.07) is 16.0. The van der Waals surface area contributed by atoms with Crippen LogP contribution in [-0.4, -0.2) is 15.5 Å². The van der Waals surface area contributed by atoms with Crippen LogP contribution in [-0.2, 0) is 6.61 Å². The van der Waals surface area contributed by atoms with Gasteiger partial charge in [-0.15, -0.1) is 4.57 Å². The summed E-state index contributed by atoms with van der Waals surface area (Å²) in [6.45, 7) is 5.65. The maximum Gasteiger partial charge on any atom is 0.287 e. The lowest BCUT2D eigenvalue weighted by Crippen LogP contribution is -2.16. The minimum absolute atomic E-state index is 0.0760. The van der Waals surface area contributed by atoms with E-state index >= 15 is 0 Å². The van der Waals surface area contributed by atoms with Crippen molar-refractivity contribution in [1.29, 1.82) is 0 Å². The van der Waals surface area contributed by atoms with Gasteiger partial charge in [-0.3, -0.25) is 9.59 Å². The Morgan fingerprint density at radius 1 is 1.10 bits per heavy atom. The molecule has 0 fully saturated rings. The molecule has 1 amide bonds. The number of fused-ring (bicyclic) bond motifs is 1. The van der Waals surface area contributed by atoms with Crippen molar-refractivity contribution in [1.82, 2.24) is 9.56 Å². The topological polar surface area (TPSA) is 85.8 Å². The largest absolute Gasteiger partial charge is 0.485 e. The zero-order valence-electron chi connectivity index (χ0n) is 16.9. The molecule has 7 heteroatoms. The highest BCUT2D eigenvalue weighted by atomic mass is 16.5. The highest BCUT2D eigenvalue weighted by molar-refractivity contribution is 6.06. The molecule has 1 N–H and O–H groups in total. The number of hydrogen-bond donors (Lipinski definition) is 1. The van der Waals surface area contributed by atoms with Gasteiger partial charge in [0.1, 0.15) is 18.1 Å². The lowest BCUT2D eigenvalue weighted by atomic mass is 10.1. The molecule has 152 valence electrons. The summed E-state index contributed by atoms with van der Waals surface area (Å²) < 4.78 is 12.4. The van der Waals surface area contributed by atoms with Crippen LogP contribution in [0.4, 0.5) is 5.69 Å². The van der Waals surface area contributed by atoms with Gasteiger partial charge >= 0.3 is 0 Å². The van der Waals surface area contributed by atoms with Gasteiger partial charge in [0.15, 0.2) is 5.65 Å². The Balaban J connectivity index is 1.57. The van der Waals surface area contributed by atoms with Gasteiger partial charge in [0.2, 0.25) is 0 Å². The molecule has 0 unspecified atom stereocenters. The molecule has 4 rings (SSSR count). The molecule has 0 spiro atoms. The minimum atomic E-state index is -0.316. The van der Waals surface area contributed by atoms with Gasteiger partial charge in [-0.2, -0.15) is 0 Å². The average molecular weight is 403 g/mol. The lowest BCUT2D eigenvalue weighted by Gasteiger charge is -2.14. The number of nitrogens with zero attached hydrogens (tertiary/aromatic N) is 2. The van der Waals surface area contributed by atoms with E-state index in [-0.39, 0.29) is 18.1 Å². The summed E-state index contributed by atoms with van der Waals surface area (Å²) >= 11 is 0. The first-order chi connectivity index (χ1) is 14.4. The fourth-order valence-electron chi connectivity index (χ4n) is 3.17. The van der Waals surface area contributed by atoms with E-state index < -0.39 is 0 Å². The van der Waals surface area contributed by atoms with Crippen LogP contribution in [0.15, 0.2) is 63.9 Å². The monoisotopic (exact) mass is 403 g/mol. The summed E-state index contributed by atoms with van der Waals surface area (Å²) in [5.41, 5.74) is 3.59. The number of carbonyl (C=O) groups excluding carboxylic acids is 1. The Labute approximate surface area is 172 Å². The summed E-state index contributed by atoms with van der Waals surface area (Å²) in [5.74, 6) is 0.883. The van der Waals surface area contributed by atoms with E-state index in [1.54, 1.807) is 25.1 Å². The van der Waals surface area contributed by atoms with Gasteiger partial charge in [0.25, 0.3) is 11.5 Å². The fraction of sp³-hybridized carbons (Fsp3) is 0.174. The zero-order valence-corrected chi connectivity index (χ0v) is 16.9. The zero-order chi connectivity index (χ0) is 21.3. The van der Waals surface area contributed by atoms with E-state index in [9.17, 15) is 9.59 Å². The summed E-state index contributed by atoms with van der Waals surface area (Å²) in [7, 11) is 0. The predicted octanol–water partition coefficient (Wildman–Crippen LogP) is 4.04. The highest BCUT2D eigenvalue weighted by Crippen LogP contribution is 2.27. The van der Waals surface area contributed by atoms with Crippen molar-refractivity contribution in [3.63, 3.8) is 0 Å². The standard InChI is InChI=1S/C23H21N3O4/c1-14-8-9-19(25-23(28)18-7-5-4-6-15(18)2)20(10-14)29-13-17-12-22(27)26-21(24-17)11-16(3)30-26/h4-12H,13H2,1-3H3,(H,25,28). The molecule has 0 atom stereocenters. The quantitative estimate of drug-likeness (QED) is 0.543. The molecule has 0 aliphatic carbocycles. The number of anilines is 1. The molecule has 0 radical (unpaired) electrons. The van der Waals surface area contributed by atoms with Gasteiger partial charge in [-0.25, -0.2) is 4.98 Å². The van der Waals surface area contributed by atoms with Crippen LogP contribution in [0.5, 0.6) is 5.75 Å². The molecule has 2 aromatic heterocycles. The van der Waals surface area contributed by atoms with Gasteiger partial charge < -0.3 is 14.6 Å². The average Bonchev–Trinajstić information content (AvgIpc) is 3.09. The molecular weight excluding hydrogens is 382 g/mol. The van der Waals surface area contributed by atoms with E-state index in [1.165, 1.54) is 6.07 Å². The molecule has 0 saturated heterocycles. The first kappa shape index (κ1) is 19.4. The van der Waals surface area contributed by atoms with Crippen molar-refractivity contribution in [3.05, 3.63) is 93.1 Å². The van der Waals surface area contributed by atoms with Crippen molar-refractivity contribution >= 4 is 17.2 Å². The molecular formula is C23H21N3O4. The van der Waals surface area contributed by atoms with Crippen LogP contribution in [0.25, 0.3) is 5.65 Å². The van der Waals surface area contributed by atoms with Crippen LogP contribution < -0.4 is 15.6 Å². The lowest BCUT2D eigenvalue weighted by molar-refractivity contribution is 0.102. The smallest absolute Gasteiger partial charge is 0.287 e. The van der Waals surface area contributed by atoms with E-state index in [2.05, 4.69) is 10.3 Å². The van der Waals surface area contributed by atoms with Gasteiger partial charge in [-0.05, 0) is 50.1 Å². The number of carbonyl (C=O) groups is 1. The second kappa shape index (κ2) is 7.87. The van der Waals surface area contributed by atoms with Crippen LogP contribution in [0, 0.1) is 20.8 Å². The van der Waals surface area contributed by atoms with Crippen molar-refractivity contribution < 1.29 is 14.1 Å². The second-order valence-electron chi connectivity index (χ2n) is 7.14. The normalized spacial score (nSPS) is 10.9. The molecule has 2 aromatic carbocycles. The van der Waals surface area contributed by atoms with Crippen molar-refractivity contribution in [3.8, 4) is 5.75 Å². The maximum absolute atomic E-state index is 12.7. The van der Waals surface area contributed by atoms with Crippen molar-refractivity contribution in [2.45, 2.75) is 27.4 Å². The third kappa shape index (κ3) is 3.96. The summed E-state index contributed by atoms with van der Waals surface area (Å²) in [5, 5.41) is 2.91. The first-order valence-corrected chi connectivity index (χ1v) is 9.51. The Hall–Kier alpha value is -3.87. The predicted molar refractivity (Wildman–Crippen MR) is 113 cm³/mol. The number of hydrogen-bond acceptors (Lipinski definition) is 5. The first-order valence-electron chi connectivity index (χ1n) is 9.51. The molecule has 4 aromatic rings. The van der Waals surface area contributed by atoms with Crippen LogP contribution in [0.1, 0.15) is 32.9 Å². The van der Waals surface area contributed by atoms with Crippen LogP contribution >= 0.6 is 0 Å². The molecule has 0 bridgehead atoms. The number of aromatic nitrogens is 2. The Morgan fingerprint density at radius 2 is 1.90 bits per heavy atom. The third-order valence-electron chi connectivity index (χ3n) is 4.67. The minimum Gasteiger partial charge on any atom is -0.485 e. The van der Waals surface area contributed by atoms with Gasteiger partial charge in [0.05, 0.1) is 11.4 Å². The van der Waals surface area contributed by atoms with Crippen LogP contribution in [0.2, 0.25) is 0 Å². The molecule has 2 heterocycles. The van der Waals surface area contributed by atoms with E-state index in [1.807, 2.05) is 44.2 Å². The highest BCUT2D eigenvalue weighted by Gasteiger charge is 2.13. The molecule has 0 saturated carbocycles. The second-order valence-corrected chi connectivity index (χ2v) is 7.14. The van der Waals surface area contributed by atoms with E-state index in [4.69, 9.17) is 9.26 Å². The molecule has 0 aliphatic rings. The van der Waals surface area contributed by atoms with Gasteiger partial charge in [-0.1, -0.05) is 24.3 Å². The number of amides is 1. The fourth-order valence-corrected chi connectivity index (χ4v) is 3.17. The number of benzene rings is 2. The van der Waals surface area contributed by atoms with E-state index in [0.29, 0.717) is 34.1 Å². The SMILES string of the molecule is Cc1ccc(NC(=O)c2ccccc2C)c(OCc2cc(=O)n3oc(C)cc3n2)c1. The number of ether oxygens (including phenoxy) is 1. The number of rotatable bonds is 5. The Bertz CT molecular complexity index is 1300. The molecule has 7 nitrogen and oxygen atoms in total. The van der Waals surface area contributed by atoms with Crippen LogP contribution in [0.3, 0.4) is 0 Å². The van der Waals surface area contributed by atoms with E-state index in [0.717, 1.165) is 15.7 Å². The third-order valence-corrected chi connectivity index (χ3v) is 4.67. The van der Waals surface area contributed by atoms with Crippen molar-refractivity contribution in [2.24, 2.45) is 0 Å². The summed E-state index contributed by atoms with van der Waals surface area (Å²) in [4.78, 5) is 29.3. The number of nitrogens with one attached hydrogen (secondary N) is 1. The Kier molecular flexibility index (Phi) is 5.10. The maximum atomic E-state index is 12.7. The summed E-state index contributed by atoms with van der Waals surface area (Å²) in [6.07, 6.45) is 0. The van der Waals surface area contributed by atoms with Crippen molar-refractivity contribution in [2.75, 3.05) is 5.32 Å². The van der Waals surface area contributed by atoms with Gasteiger partial charge in [0, 0.05) is 17.7 Å². The number of aryl methyl sites for hydroxylation is 3.